The second-order valence-electron chi connectivity index (χ2n) is 6.54. The van der Waals surface area contributed by atoms with Crippen LogP contribution in [0, 0.1) is 5.92 Å². The Balaban J connectivity index is 2.29. The predicted molar refractivity (Wildman–Crippen MR) is 86.8 cm³/mol. The number of nitrogens with two attached hydrogens (primary N) is 1. The fourth-order valence-electron chi connectivity index (χ4n) is 3.36. The SMILES string of the molecule is NCC(=O)C1CCCCCCCCCCCCCCC1. The molecule has 118 valence electrons. The molecule has 20 heavy (non-hydrogen) atoms. The van der Waals surface area contributed by atoms with Crippen LogP contribution in [-0.2, 0) is 4.79 Å². The van der Waals surface area contributed by atoms with Crippen molar-refractivity contribution in [2.45, 2.75) is 96.3 Å². The normalized spacial score (nSPS) is 22.4. The molecule has 0 aliphatic heterocycles. The predicted octanol–water partition coefficient (Wildman–Crippen LogP) is 5.00. The molecule has 0 unspecified atom stereocenters. The molecule has 1 aliphatic rings. The Kier molecular flexibility index (Phi) is 10.9. The molecule has 1 fully saturated rings. The van der Waals surface area contributed by atoms with Crippen molar-refractivity contribution in [1.29, 1.82) is 0 Å². The van der Waals surface area contributed by atoms with Crippen molar-refractivity contribution >= 4 is 5.78 Å². The van der Waals surface area contributed by atoms with E-state index in [1.54, 1.807) is 0 Å². The number of hydrogen-bond donors (Lipinski definition) is 1. The summed E-state index contributed by atoms with van der Waals surface area (Å²) in [4.78, 5) is 11.9. The molecule has 0 aromatic carbocycles. The van der Waals surface area contributed by atoms with Crippen LogP contribution >= 0.6 is 0 Å². The lowest BCUT2D eigenvalue weighted by atomic mass is 9.90. The topological polar surface area (TPSA) is 43.1 Å². The molecule has 0 amide bonds. The summed E-state index contributed by atoms with van der Waals surface area (Å²) in [6.07, 6.45) is 19.8. The van der Waals surface area contributed by atoms with Crippen molar-refractivity contribution < 1.29 is 4.79 Å². The number of ketones is 1. The molecule has 2 nitrogen and oxygen atoms in total. The first-order valence-corrected chi connectivity index (χ1v) is 9.07. The minimum absolute atomic E-state index is 0.241. The maximum atomic E-state index is 11.9. The smallest absolute Gasteiger partial charge is 0.149 e. The first kappa shape index (κ1) is 17.7. The molecular weight excluding hydrogens is 246 g/mol. The van der Waals surface area contributed by atoms with E-state index in [0.717, 1.165) is 12.8 Å². The summed E-state index contributed by atoms with van der Waals surface area (Å²) in [7, 11) is 0. The minimum atomic E-state index is 0.241. The highest BCUT2D eigenvalue weighted by atomic mass is 16.1. The van der Waals surface area contributed by atoms with Gasteiger partial charge in [-0.1, -0.05) is 83.5 Å². The molecule has 1 rings (SSSR count). The van der Waals surface area contributed by atoms with Crippen LogP contribution in [-0.4, -0.2) is 12.3 Å². The van der Waals surface area contributed by atoms with Crippen molar-refractivity contribution in [1.82, 2.24) is 0 Å². The Morgan fingerprint density at radius 3 is 1.25 bits per heavy atom. The van der Waals surface area contributed by atoms with Crippen LogP contribution in [0.2, 0.25) is 0 Å². The highest BCUT2D eigenvalue weighted by molar-refractivity contribution is 5.82. The van der Waals surface area contributed by atoms with E-state index in [4.69, 9.17) is 5.73 Å². The van der Waals surface area contributed by atoms with E-state index in [0.29, 0.717) is 5.78 Å². The average molecular weight is 281 g/mol. The fourth-order valence-corrected chi connectivity index (χ4v) is 3.36. The standard InChI is InChI=1S/C18H35NO/c19-16-18(20)17-14-12-10-8-6-4-2-1-3-5-7-9-11-13-15-17/h17H,1-16,19H2. The van der Waals surface area contributed by atoms with Gasteiger partial charge in [0.05, 0.1) is 6.54 Å². The molecule has 0 saturated heterocycles. The van der Waals surface area contributed by atoms with E-state index >= 15 is 0 Å². The van der Waals surface area contributed by atoms with Crippen molar-refractivity contribution in [3.63, 3.8) is 0 Å². The third kappa shape index (κ3) is 8.73. The van der Waals surface area contributed by atoms with Crippen LogP contribution in [0.1, 0.15) is 96.3 Å². The van der Waals surface area contributed by atoms with Crippen LogP contribution in [0.4, 0.5) is 0 Å². The van der Waals surface area contributed by atoms with Gasteiger partial charge in [-0.2, -0.15) is 0 Å². The Labute approximate surface area is 125 Å². The van der Waals surface area contributed by atoms with Gasteiger partial charge in [-0.15, -0.1) is 0 Å². The van der Waals surface area contributed by atoms with Gasteiger partial charge in [-0.25, -0.2) is 0 Å². The first-order valence-electron chi connectivity index (χ1n) is 9.07. The molecule has 1 aliphatic carbocycles. The van der Waals surface area contributed by atoms with Gasteiger partial charge in [0.2, 0.25) is 0 Å². The molecule has 0 heterocycles. The van der Waals surface area contributed by atoms with Crippen LogP contribution in [0.25, 0.3) is 0 Å². The Morgan fingerprint density at radius 1 is 0.650 bits per heavy atom. The molecule has 0 atom stereocenters. The van der Waals surface area contributed by atoms with Gasteiger partial charge in [0.25, 0.3) is 0 Å². The Morgan fingerprint density at radius 2 is 0.950 bits per heavy atom. The van der Waals surface area contributed by atoms with Gasteiger partial charge in [0, 0.05) is 5.92 Å². The monoisotopic (exact) mass is 281 g/mol. The zero-order valence-electron chi connectivity index (χ0n) is 13.4. The Hall–Kier alpha value is -0.370. The highest BCUT2D eigenvalue weighted by Crippen LogP contribution is 2.21. The summed E-state index contributed by atoms with van der Waals surface area (Å²) in [5, 5.41) is 0. The summed E-state index contributed by atoms with van der Waals surface area (Å²) < 4.78 is 0. The molecule has 2 heteroatoms. The second kappa shape index (κ2) is 12.4. The average Bonchev–Trinajstić information content (AvgIpc) is 2.46. The van der Waals surface area contributed by atoms with Gasteiger partial charge < -0.3 is 5.73 Å². The lowest BCUT2D eigenvalue weighted by Crippen LogP contribution is -2.23. The van der Waals surface area contributed by atoms with E-state index in [1.165, 1.54) is 83.5 Å². The number of carbonyl (C=O) groups excluding carboxylic acids is 1. The summed E-state index contributed by atoms with van der Waals surface area (Å²) in [6.45, 7) is 0.241. The highest BCUT2D eigenvalue weighted by Gasteiger charge is 2.15. The molecule has 1 saturated carbocycles. The first-order chi connectivity index (χ1) is 9.84. The van der Waals surface area contributed by atoms with Gasteiger partial charge in [0.1, 0.15) is 5.78 Å². The van der Waals surface area contributed by atoms with E-state index in [9.17, 15) is 4.79 Å². The molecule has 2 N–H and O–H groups in total. The van der Waals surface area contributed by atoms with Crippen LogP contribution in [0.15, 0.2) is 0 Å². The lowest BCUT2D eigenvalue weighted by Gasteiger charge is -2.15. The zero-order valence-corrected chi connectivity index (χ0v) is 13.4. The van der Waals surface area contributed by atoms with Gasteiger partial charge in [-0.3, -0.25) is 4.79 Å². The van der Waals surface area contributed by atoms with Crippen LogP contribution < -0.4 is 5.73 Å². The van der Waals surface area contributed by atoms with Crippen LogP contribution in [0.3, 0.4) is 0 Å². The van der Waals surface area contributed by atoms with E-state index in [-0.39, 0.29) is 12.5 Å². The Bertz CT molecular complexity index is 224. The number of hydrogen-bond acceptors (Lipinski definition) is 2. The number of carbonyl (C=O) groups is 1. The van der Waals surface area contributed by atoms with Gasteiger partial charge in [0.15, 0.2) is 0 Å². The molecule has 0 aromatic heterocycles. The van der Waals surface area contributed by atoms with Crippen molar-refractivity contribution in [2.24, 2.45) is 11.7 Å². The molecular formula is C18H35NO. The van der Waals surface area contributed by atoms with Crippen molar-refractivity contribution in [3.05, 3.63) is 0 Å². The van der Waals surface area contributed by atoms with Gasteiger partial charge >= 0.3 is 0 Å². The minimum Gasteiger partial charge on any atom is -0.324 e. The maximum absolute atomic E-state index is 11.9. The van der Waals surface area contributed by atoms with Crippen LogP contribution in [0.5, 0.6) is 0 Å². The van der Waals surface area contributed by atoms with E-state index in [1.807, 2.05) is 0 Å². The second-order valence-corrected chi connectivity index (χ2v) is 6.54. The van der Waals surface area contributed by atoms with Gasteiger partial charge in [-0.05, 0) is 12.8 Å². The number of Topliss-reactive ketones (excluding diaryl/α,β-unsaturated/α-hetero) is 1. The molecule has 0 spiro atoms. The maximum Gasteiger partial charge on any atom is 0.149 e. The summed E-state index contributed by atoms with van der Waals surface area (Å²) in [5.74, 6) is 0.555. The number of rotatable bonds is 2. The zero-order chi connectivity index (χ0) is 14.5. The lowest BCUT2D eigenvalue weighted by molar-refractivity contribution is -0.122. The van der Waals surface area contributed by atoms with E-state index in [2.05, 4.69) is 0 Å². The summed E-state index contributed by atoms with van der Waals surface area (Å²) >= 11 is 0. The molecule has 0 radical (unpaired) electrons. The summed E-state index contributed by atoms with van der Waals surface area (Å²) in [5.41, 5.74) is 5.55. The van der Waals surface area contributed by atoms with Crippen molar-refractivity contribution in [3.8, 4) is 0 Å². The largest absolute Gasteiger partial charge is 0.324 e. The van der Waals surface area contributed by atoms with Crippen molar-refractivity contribution in [2.75, 3.05) is 6.54 Å². The third-order valence-electron chi connectivity index (χ3n) is 4.76. The molecule has 0 bridgehead atoms. The summed E-state index contributed by atoms with van der Waals surface area (Å²) in [6, 6.07) is 0. The quantitative estimate of drug-likeness (QED) is 0.774. The van der Waals surface area contributed by atoms with E-state index < -0.39 is 0 Å². The molecule has 0 aromatic rings. The third-order valence-corrected chi connectivity index (χ3v) is 4.76. The fraction of sp³-hybridized carbons (Fsp3) is 0.944.